The second-order valence-corrected chi connectivity index (χ2v) is 3.92. The summed E-state index contributed by atoms with van der Waals surface area (Å²) in [7, 11) is 0. The van der Waals surface area contributed by atoms with Crippen molar-refractivity contribution in [3.05, 3.63) is 48.9 Å². The smallest absolute Gasteiger partial charge is 0.0708 e. The van der Waals surface area contributed by atoms with E-state index in [0.29, 0.717) is 0 Å². The number of rotatable bonds is 2. The van der Waals surface area contributed by atoms with Crippen LogP contribution in [0.3, 0.4) is 0 Å². The summed E-state index contributed by atoms with van der Waals surface area (Å²) < 4.78 is 4.40. The summed E-state index contributed by atoms with van der Waals surface area (Å²) in [5, 5.41) is 0. The first kappa shape index (κ1) is 8.51. The molecule has 0 unspecified atom stereocenters. The molecule has 0 N–H and O–H groups in total. The monoisotopic (exact) mass is 192 g/mol. The highest BCUT2D eigenvalue weighted by molar-refractivity contribution is 7.94. The topological polar surface area (TPSA) is 6.48 Å². The molecule has 0 fully saturated rings. The molecule has 13 heavy (non-hydrogen) atoms. The van der Waals surface area contributed by atoms with E-state index in [2.05, 4.69) is 57.5 Å². The largest absolute Gasteiger partial charge is 0.302 e. The van der Waals surface area contributed by atoms with Gasteiger partial charge in [0.05, 0.1) is 12.1 Å². The van der Waals surface area contributed by atoms with E-state index >= 15 is 0 Å². The Morgan fingerprint density at radius 2 is 1.31 bits per heavy atom. The maximum Gasteiger partial charge on any atom is 0.0708 e. The summed E-state index contributed by atoms with van der Waals surface area (Å²) in [4.78, 5) is 0. The van der Waals surface area contributed by atoms with Crippen molar-refractivity contribution in [3.63, 3.8) is 0 Å². The van der Waals surface area contributed by atoms with Gasteiger partial charge in [0, 0.05) is 25.5 Å². The van der Waals surface area contributed by atoms with Crippen LogP contribution >= 0.6 is 12.1 Å². The van der Waals surface area contributed by atoms with Crippen LogP contribution in [-0.2, 0) is 0 Å². The molecule has 0 saturated heterocycles. The lowest BCUT2D eigenvalue weighted by Gasteiger charge is -2.26. The molecule has 0 radical (unpaired) electrons. The predicted molar refractivity (Wildman–Crippen MR) is 57.6 cm³/mol. The van der Waals surface area contributed by atoms with Crippen molar-refractivity contribution in [1.82, 2.24) is 8.61 Å². The summed E-state index contributed by atoms with van der Waals surface area (Å²) in [6, 6.07) is 0. The first-order valence-electron chi connectivity index (χ1n) is 4.33. The van der Waals surface area contributed by atoms with E-state index in [-0.39, 0.29) is 0 Å². The second-order valence-electron chi connectivity index (χ2n) is 2.82. The molecular weight excluding hydrogens is 180 g/mol. The maximum absolute atomic E-state index is 2.20. The molecule has 3 heteroatoms. The molecule has 0 aromatic rings. The summed E-state index contributed by atoms with van der Waals surface area (Å²) in [6.07, 6.45) is 16.7. The summed E-state index contributed by atoms with van der Waals surface area (Å²) in [5.74, 6) is 0. The van der Waals surface area contributed by atoms with E-state index in [4.69, 9.17) is 0 Å². The van der Waals surface area contributed by atoms with E-state index < -0.39 is 0 Å². The Morgan fingerprint density at radius 3 is 1.69 bits per heavy atom. The van der Waals surface area contributed by atoms with E-state index in [0.717, 1.165) is 13.1 Å². The molecule has 0 saturated carbocycles. The van der Waals surface area contributed by atoms with E-state index in [1.54, 1.807) is 12.1 Å². The van der Waals surface area contributed by atoms with Gasteiger partial charge in [-0.15, -0.1) is 0 Å². The third-order valence-corrected chi connectivity index (χ3v) is 2.74. The Balaban J connectivity index is 1.84. The fourth-order valence-corrected chi connectivity index (χ4v) is 1.98. The number of hydrogen-bond acceptors (Lipinski definition) is 3. The van der Waals surface area contributed by atoms with Crippen LogP contribution in [-0.4, -0.2) is 21.7 Å². The Morgan fingerprint density at radius 1 is 0.769 bits per heavy atom. The van der Waals surface area contributed by atoms with Crippen molar-refractivity contribution >= 4 is 12.1 Å². The predicted octanol–water partition coefficient (Wildman–Crippen LogP) is 2.32. The van der Waals surface area contributed by atoms with E-state index in [9.17, 15) is 0 Å². The van der Waals surface area contributed by atoms with Crippen LogP contribution in [0.25, 0.3) is 0 Å². The molecule has 0 aromatic carbocycles. The highest BCUT2D eigenvalue weighted by Crippen LogP contribution is 2.20. The van der Waals surface area contributed by atoms with E-state index in [1.165, 1.54) is 0 Å². The van der Waals surface area contributed by atoms with Gasteiger partial charge in [0.1, 0.15) is 0 Å². The van der Waals surface area contributed by atoms with Crippen LogP contribution < -0.4 is 0 Å². The molecule has 0 spiro atoms. The van der Waals surface area contributed by atoms with Gasteiger partial charge in [0.15, 0.2) is 0 Å². The van der Waals surface area contributed by atoms with Crippen LogP contribution in [0, 0.1) is 0 Å². The van der Waals surface area contributed by atoms with Crippen LogP contribution in [0.5, 0.6) is 0 Å². The van der Waals surface area contributed by atoms with Crippen LogP contribution in [0.2, 0.25) is 0 Å². The molecule has 2 aliphatic rings. The van der Waals surface area contributed by atoms with Gasteiger partial charge in [0.25, 0.3) is 0 Å². The minimum atomic E-state index is 0.981. The molecule has 0 atom stereocenters. The molecule has 2 rings (SSSR count). The lowest BCUT2D eigenvalue weighted by atomic mass is 10.4. The van der Waals surface area contributed by atoms with Crippen molar-refractivity contribution in [3.8, 4) is 0 Å². The molecule has 2 aliphatic heterocycles. The summed E-state index contributed by atoms with van der Waals surface area (Å²) >= 11 is 1.73. The van der Waals surface area contributed by atoms with Gasteiger partial charge in [-0.2, -0.15) is 0 Å². The molecule has 0 aromatic heterocycles. The Hall–Kier alpha value is -1.09. The van der Waals surface area contributed by atoms with Gasteiger partial charge in [0.2, 0.25) is 0 Å². The van der Waals surface area contributed by atoms with Gasteiger partial charge in [-0.3, -0.25) is 0 Å². The Kier molecular flexibility index (Phi) is 2.77. The first-order valence-corrected chi connectivity index (χ1v) is 5.06. The zero-order valence-corrected chi connectivity index (χ0v) is 8.15. The van der Waals surface area contributed by atoms with Crippen LogP contribution in [0.1, 0.15) is 0 Å². The fraction of sp³-hybridized carbons (Fsp3) is 0.200. The molecule has 0 amide bonds. The van der Waals surface area contributed by atoms with Gasteiger partial charge in [-0.05, 0) is 12.2 Å². The highest BCUT2D eigenvalue weighted by Gasteiger charge is 2.06. The van der Waals surface area contributed by atoms with E-state index in [1.807, 2.05) is 0 Å². The minimum absolute atomic E-state index is 0.981. The summed E-state index contributed by atoms with van der Waals surface area (Å²) in [5.41, 5.74) is 0. The highest BCUT2D eigenvalue weighted by atomic mass is 32.2. The zero-order chi connectivity index (χ0) is 8.93. The normalized spacial score (nSPS) is 20.0. The lowest BCUT2D eigenvalue weighted by molar-refractivity contribution is 0.610. The average Bonchev–Trinajstić information content (AvgIpc) is 2.21. The molecule has 0 aliphatic carbocycles. The second kappa shape index (κ2) is 4.23. The molecular formula is C10H12N2S. The van der Waals surface area contributed by atoms with Gasteiger partial charge in [-0.25, -0.2) is 0 Å². The van der Waals surface area contributed by atoms with Crippen molar-refractivity contribution in [2.75, 3.05) is 13.1 Å². The fourth-order valence-electron chi connectivity index (χ4n) is 1.16. The van der Waals surface area contributed by atoms with Gasteiger partial charge in [-0.1, -0.05) is 24.3 Å². The molecule has 68 valence electrons. The van der Waals surface area contributed by atoms with Crippen molar-refractivity contribution in [2.45, 2.75) is 0 Å². The number of hydrogen-bond donors (Lipinski definition) is 0. The number of allylic oxidation sites excluding steroid dienone is 4. The summed E-state index contributed by atoms with van der Waals surface area (Å²) in [6.45, 7) is 1.96. The third-order valence-electron chi connectivity index (χ3n) is 1.78. The molecule has 2 nitrogen and oxygen atoms in total. The van der Waals surface area contributed by atoms with Gasteiger partial charge >= 0.3 is 0 Å². The van der Waals surface area contributed by atoms with Crippen LogP contribution in [0.4, 0.5) is 0 Å². The van der Waals surface area contributed by atoms with Crippen molar-refractivity contribution in [1.29, 1.82) is 0 Å². The molecule has 0 bridgehead atoms. The average molecular weight is 192 g/mol. The maximum atomic E-state index is 2.20. The Bertz CT molecular complexity index is 251. The third kappa shape index (κ3) is 2.42. The van der Waals surface area contributed by atoms with Crippen molar-refractivity contribution in [2.24, 2.45) is 0 Å². The minimum Gasteiger partial charge on any atom is -0.302 e. The van der Waals surface area contributed by atoms with Gasteiger partial charge < -0.3 is 8.61 Å². The standard InChI is InChI=1S/C10H12N2S/c1-3-7-11(8-4-1)13-12-9-5-2-6-10-12/h1-7,9H,8,10H2. The SMILES string of the molecule is C1=CCN(SN2C=CC=CC2)C=C1. The first-order chi connectivity index (χ1) is 6.45. The quantitative estimate of drug-likeness (QED) is 0.620. The molecule has 2 heterocycles. The van der Waals surface area contributed by atoms with Crippen molar-refractivity contribution < 1.29 is 0 Å². The van der Waals surface area contributed by atoms with Crippen LogP contribution in [0.15, 0.2) is 48.9 Å². The Labute approximate surface area is 83.2 Å². The number of nitrogens with zero attached hydrogens (tertiary/aromatic N) is 2. The lowest BCUT2D eigenvalue weighted by Crippen LogP contribution is -2.19. The zero-order valence-electron chi connectivity index (χ0n) is 7.34.